The van der Waals surface area contributed by atoms with E-state index in [-0.39, 0.29) is 0 Å². The van der Waals surface area contributed by atoms with Crippen LogP contribution in [0.2, 0.25) is 0 Å². The molecule has 2 rings (SSSR count). The second-order valence-electron chi connectivity index (χ2n) is 4.41. The zero-order chi connectivity index (χ0) is 15.9. The van der Waals surface area contributed by atoms with Gasteiger partial charge in [-0.25, -0.2) is 17.2 Å². The molecule has 1 unspecified atom stereocenters. The van der Waals surface area contributed by atoms with Gasteiger partial charge in [0.25, 0.3) is 0 Å². The Morgan fingerprint density at radius 2 is 1.95 bits per heavy atom. The predicted octanol–water partition coefficient (Wildman–Crippen LogP) is -0.417. The third-order valence-electron chi connectivity index (χ3n) is 3.05. The zero-order valence-corrected chi connectivity index (χ0v) is 11.6. The number of carbonyl (C=O) groups is 2. The smallest absolute Gasteiger partial charge is 0.247 e. The number of rotatable bonds is 2. The molecule has 3 N–H and O–H groups in total. The van der Waals surface area contributed by atoms with Gasteiger partial charge in [-0.05, 0) is 19.1 Å². The Bertz CT molecular complexity index is 735. The maximum absolute atomic E-state index is 13.9. The van der Waals surface area contributed by atoms with Crippen LogP contribution >= 0.6 is 0 Å². The number of imide groups is 1. The molecular formula is C11H11F2N3O4S. The Morgan fingerprint density at radius 3 is 2.57 bits per heavy atom. The van der Waals surface area contributed by atoms with Crippen molar-refractivity contribution in [2.75, 3.05) is 12.3 Å². The molecule has 1 fully saturated rings. The van der Waals surface area contributed by atoms with Crippen molar-refractivity contribution >= 4 is 27.5 Å². The third kappa shape index (κ3) is 2.47. The fourth-order valence-electron chi connectivity index (χ4n) is 1.86. The summed E-state index contributed by atoms with van der Waals surface area (Å²) in [6, 6.07) is 0.181. The van der Waals surface area contributed by atoms with E-state index in [1.54, 1.807) is 0 Å². The van der Waals surface area contributed by atoms with Crippen molar-refractivity contribution < 1.29 is 26.8 Å². The molecule has 21 heavy (non-hydrogen) atoms. The predicted molar refractivity (Wildman–Crippen MR) is 67.3 cm³/mol. The normalized spacial score (nSPS) is 20.4. The lowest BCUT2D eigenvalue weighted by Crippen LogP contribution is -2.58. The number of nitrogens with one attached hydrogen (secondary N) is 1. The van der Waals surface area contributed by atoms with E-state index in [2.05, 4.69) is 0 Å². The van der Waals surface area contributed by atoms with Gasteiger partial charge in [-0.3, -0.25) is 14.9 Å². The summed E-state index contributed by atoms with van der Waals surface area (Å²) >= 11 is 0. The van der Waals surface area contributed by atoms with Crippen LogP contribution in [0.3, 0.4) is 0 Å². The summed E-state index contributed by atoms with van der Waals surface area (Å²) in [6.45, 7) is 0.593. The van der Waals surface area contributed by atoms with Crippen molar-refractivity contribution in [1.29, 1.82) is 0 Å². The van der Waals surface area contributed by atoms with Crippen molar-refractivity contribution in [2.24, 2.45) is 0 Å². The summed E-state index contributed by atoms with van der Waals surface area (Å²) in [5.74, 6) is -4.23. The van der Waals surface area contributed by atoms with Gasteiger partial charge >= 0.3 is 0 Å². The van der Waals surface area contributed by atoms with Crippen LogP contribution in [0.15, 0.2) is 17.0 Å². The van der Waals surface area contributed by atoms with Gasteiger partial charge in [-0.2, -0.15) is 4.31 Å². The Kier molecular flexibility index (Phi) is 3.68. The summed E-state index contributed by atoms with van der Waals surface area (Å²) in [6.07, 6.45) is 0. The molecule has 1 atom stereocenters. The van der Waals surface area contributed by atoms with E-state index in [1.807, 2.05) is 5.32 Å². The first-order chi connectivity index (χ1) is 9.66. The Hall–Kier alpha value is -2.07. The molecule has 0 saturated carbocycles. The number of nitrogen functional groups attached to an aromatic ring is 1. The molecule has 1 saturated heterocycles. The molecule has 1 heterocycles. The summed E-state index contributed by atoms with van der Waals surface area (Å²) in [7, 11) is -4.52. The van der Waals surface area contributed by atoms with Crippen molar-refractivity contribution in [1.82, 2.24) is 9.62 Å². The van der Waals surface area contributed by atoms with Gasteiger partial charge in [0, 0.05) is 0 Å². The highest BCUT2D eigenvalue weighted by atomic mass is 32.2. The highest BCUT2D eigenvalue weighted by molar-refractivity contribution is 7.89. The van der Waals surface area contributed by atoms with Gasteiger partial charge < -0.3 is 5.73 Å². The average molecular weight is 319 g/mol. The first-order valence-corrected chi connectivity index (χ1v) is 7.19. The molecule has 0 bridgehead atoms. The van der Waals surface area contributed by atoms with Crippen LogP contribution in [0.25, 0.3) is 0 Å². The maximum Gasteiger partial charge on any atom is 0.247 e. The van der Waals surface area contributed by atoms with Crippen LogP contribution in [0, 0.1) is 11.6 Å². The third-order valence-corrected chi connectivity index (χ3v) is 4.99. The minimum Gasteiger partial charge on any atom is -0.394 e. The molecule has 0 aromatic heterocycles. The van der Waals surface area contributed by atoms with Gasteiger partial charge in [0.1, 0.15) is 22.4 Å². The Morgan fingerprint density at radius 1 is 1.33 bits per heavy atom. The summed E-state index contributed by atoms with van der Waals surface area (Å²) < 4.78 is 52.2. The molecule has 1 aromatic rings. The lowest BCUT2D eigenvalue weighted by Gasteiger charge is -2.30. The van der Waals surface area contributed by atoms with Gasteiger partial charge in [0.2, 0.25) is 21.8 Å². The summed E-state index contributed by atoms with van der Waals surface area (Å²) in [4.78, 5) is 21.9. The number of sulfonamides is 1. The lowest BCUT2D eigenvalue weighted by molar-refractivity contribution is -0.136. The fourth-order valence-corrected chi connectivity index (χ4v) is 3.49. The Balaban J connectivity index is 2.54. The molecule has 1 aliphatic heterocycles. The van der Waals surface area contributed by atoms with Crippen molar-refractivity contribution in [3.8, 4) is 0 Å². The fraction of sp³-hybridized carbons (Fsp3) is 0.273. The minimum atomic E-state index is -4.52. The van der Waals surface area contributed by atoms with Gasteiger partial charge in [0.15, 0.2) is 5.82 Å². The molecule has 0 spiro atoms. The maximum atomic E-state index is 13.9. The number of hydrogen-bond donors (Lipinski definition) is 2. The summed E-state index contributed by atoms with van der Waals surface area (Å²) in [5.41, 5.74) is 4.17. The molecule has 7 nitrogen and oxygen atoms in total. The first-order valence-electron chi connectivity index (χ1n) is 5.75. The SMILES string of the molecule is CC1C(=O)NC(=O)CN1S(=O)(=O)c1ccc(F)c(N)c1F. The number of amides is 2. The van der Waals surface area contributed by atoms with E-state index in [0.717, 1.165) is 0 Å². The average Bonchev–Trinajstić information content (AvgIpc) is 2.39. The van der Waals surface area contributed by atoms with Crippen LogP contribution in [0.5, 0.6) is 0 Å². The van der Waals surface area contributed by atoms with Crippen molar-refractivity contribution in [3.05, 3.63) is 23.8 Å². The zero-order valence-electron chi connectivity index (χ0n) is 10.8. The van der Waals surface area contributed by atoms with E-state index < -0.39 is 56.6 Å². The van der Waals surface area contributed by atoms with E-state index >= 15 is 0 Å². The molecule has 10 heteroatoms. The Labute approximate surface area is 118 Å². The molecule has 2 amide bonds. The number of hydrogen-bond acceptors (Lipinski definition) is 5. The van der Waals surface area contributed by atoms with Crippen molar-refractivity contribution in [3.63, 3.8) is 0 Å². The van der Waals surface area contributed by atoms with E-state index in [1.165, 1.54) is 6.92 Å². The minimum absolute atomic E-state index is 0.532. The molecule has 114 valence electrons. The second-order valence-corrected chi connectivity index (χ2v) is 6.27. The molecule has 0 radical (unpaired) electrons. The number of benzene rings is 1. The van der Waals surface area contributed by atoms with E-state index in [4.69, 9.17) is 5.73 Å². The number of nitrogens with two attached hydrogens (primary N) is 1. The highest BCUT2D eigenvalue weighted by Crippen LogP contribution is 2.27. The molecule has 1 aromatic carbocycles. The lowest BCUT2D eigenvalue weighted by atomic mass is 10.2. The quantitative estimate of drug-likeness (QED) is 0.568. The number of piperazine rings is 1. The van der Waals surface area contributed by atoms with Crippen LogP contribution < -0.4 is 11.1 Å². The van der Waals surface area contributed by atoms with Gasteiger partial charge in [-0.1, -0.05) is 0 Å². The monoisotopic (exact) mass is 319 g/mol. The van der Waals surface area contributed by atoms with E-state index in [9.17, 15) is 26.8 Å². The van der Waals surface area contributed by atoms with Crippen molar-refractivity contribution in [2.45, 2.75) is 17.9 Å². The topological polar surface area (TPSA) is 110 Å². The standard InChI is InChI=1S/C11H11F2N3O4S/c1-5-11(18)15-8(17)4-16(5)21(19,20)7-3-2-6(12)10(14)9(7)13/h2-3,5H,4,14H2,1H3,(H,15,17,18). The molecule has 1 aliphatic rings. The van der Waals surface area contributed by atoms with Crippen LogP contribution in [-0.4, -0.2) is 37.1 Å². The van der Waals surface area contributed by atoms with E-state index in [0.29, 0.717) is 16.4 Å². The number of carbonyl (C=O) groups excluding carboxylic acids is 2. The molecular weight excluding hydrogens is 308 g/mol. The largest absolute Gasteiger partial charge is 0.394 e. The second kappa shape index (κ2) is 5.04. The number of nitrogens with zero attached hydrogens (tertiary/aromatic N) is 1. The summed E-state index contributed by atoms with van der Waals surface area (Å²) in [5, 5.41) is 1.96. The number of anilines is 1. The number of halogens is 2. The van der Waals surface area contributed by atoms with Gasteiger partial charge in [0.05, 0.1) is 6.54 Å². The van der Waals surface area contributed by atoms with Crippen LogP contribution in [0.1, 0.15) is 6.92 Å². The molecule has 0 aliphatic carbocycles. The van der Waals surface area contributed by atoms with Gasteiger partial charge in [-0.15, -0.1) is 0 Å². The highest BCUT2D eigenvalue weighted by Gasteiger charge is 2.40. The first kappa shape index (κ1) is 15.3. The van der Waals surface area contributed by atoms with Crippen LogP contribution in [0.4, 0.5) is 14.5 Å². The van der Waals surface area contributed by atoms with Crippen LogP contribution in [-0.2, 0) is 19.6 Å².